The Bertz CT molecular complexity index is 608. The van der Waals surface area contributed by atoms with Crippen LogP contribution in [0.25, 0.3) is 0 Å². The van der Waals surface area contributed by atoms with Gasteiger partial charge in [-0.1, -0.05) is 25.5 Å². The molecule has 0 spiro atoms. The first-order valence-corrected chi connectivity index (χ1v) is 8.65. The monoisotopic (exact) mass is 349 g/mol. The second-order valence-corrected chi connectivity index (χ2v) is 6.76. The topological polar surface area (TPSA) is 65.1 Å². The maximum Gasteiger partial charge on any atom is 0.410 e. The summed E-state index contributed by atoms with van der Waals surface area (Å²) in [6.07, 6.45) is 1.53. The number of esters is 1. The molecular formula is C19H27NO5. The Labute approximate surface area is 149 Å². The SMILES string of the molecule is CCCCOC(=O)N1CC(Oc2cccc(C(C)(C)C(=O)OC)c2)C1. The van der Waals surface area contributed by atoms with Crippen molar-refractivity contribution < 1.29 is 23.8 Å². The number of hydrogen-bond acceptors (Lipinski definition) is 5. The van der Waals surface area contributed by atoms with E-state index in [1.54, 1.807) is 4.90 Å². The first kappa shape index (κ1) is 19.1. The summed E-state index contributed by atoms with van der Waals surface area (Å²) >= 11 is 0. The summed E-state index contributed by atoms with van der Waals surface area (Å²) < 4.78 is 15.9. The molecule has 1 fully saturated rings. The fraction of sp³-hybridized carbons (Fsp3) is 0.579. The minimum atomic E-state index is -0.747. The fourth-order valence-electron chi connectivity index (χ4n) is 2.58. The molecule has 0 unspecified atom stereocenters. The minimum Gasteiger partial charge on any atom is -0.487 e. The maximum absolute atomic E-state index is 11.9. The summed E-state index contributed by atoms with van der Waals surface area (Å²) in [7, 11) is 1.38. The second kappa shape index (κ2) is 8.23. The van der Waals surface area contributed by atoms with Crippen LogP contribution in [0.5, 0.6) is 5.75 Å². The molecule has 1 aliphatic heterocycles. The van der Waals surface area contributed by atoms with Crippen LogP contribution < -0.4 is 4.74 Å². The normalized spacial score (nSPS) is 14.6. The number of carbonyl (C=O) groups excluding carboxylic acids is 2. The van der Waals surface area contributed by atoms with Crippen LogP contribution in [-0.2, 0) is 19.7 Å². The van der Waals surface area contributed by atoms with E-state index in [4.69, 9.17) is 14.2 Å². The lowest BCUT2D eigenvalue weighted by Gasteiger charge is -2.38. The first-order valence-electron chi connectivity index (χ1n) is 8.65. The summed E-state index contributed by atoms with van der Waals surface area (Å²) in [5, 5.41) is 0. The molecule has 0 radical (unpaired) electrons. The van der Waals surface area contributed by atoms with Crippen molar-refractivity contribution >= 4 is 12.1 Å². The maximum atomic E-state index is 11.9. The van der Waals surface area contributed by atoms with Crippen LogP contribution in [0.4, 0.5) is 4.79 Å². The molecule has 1 heterocycles. The second-order valence-electron chi connectivity index (χ2n) is 6.76. The van der Waals surface area contributed by atoms with Crippen molar-refractivity contribution in [1.82, 2.24) is 4.90 Å². The van der Waals surface area contributed by atoms with E-state index < -0.39 is 5.41 Å². The molecule has 0 saturated carbocycles. The zero-order valence-corrected chi connectivity index (χ0v) is 15.4. The molecule has 0 atom stereocenters. The Morgan fingerprint density at radius 1 is 1.28 bits per heavy atom. The molecule has 0 bridgehead atoms. The van der Waals surface area contributed by atoms with Gasteiger partial charge in [0.05, 0.1) is 32.2 Å². The van der Waals surface area contributed by atoms with Gasteiger partial charge in [-0.15, -0.1) is 0 Å². The number of carbonyl (C=O) groups is 2. The molecule has 6 nitrogen and oxygen atoms in total. The molecule has 1 aliphatic rings. The third kappa shape index (κ3) is 4.65. The lowest BCUT2D eigenvalue weighted by atomic mass is 9.84. The summed E-state index contributed by atoms with van der Waals surface area (Å²) in [6.45, 7) is 7.16. The molecule has 138 valence electrons. The zero-order chi connectivity index (χ0) is 18.4. The average Bonchev–Trinajstić information content (AvgIpc) is 2.57. The summed E-state index contributed by atoms with van der Waals surface area (Å²) in [5.41, 5.74) is 0.0788. The van der Waals surface area contributed by atoms with Crippen molar-refractivity contribution in [1.29, 1.82) is 0 Å². The zero-order valence-electron chi connectivity index (χ0n) is 15.4. The summed E-state index contributed by atoms with van der Waals surface area (Å²) in [5.74, 6) is 0.382. The highest BCUT2D eigenvalue weighted by atomic mass is 16.6. The Hall–Kier alpha value is -2.24. The van der Waals surface area contributed by atoms with Crippen molar-refractivity contribution in [2.75, 3.05) is 26.8 Å². The molecule has 6 heteroatoms. The first-order chi connectivity index (χ1) is 11.9. The van der Waals surface area contributed by atoms with Gasteiger partial charge in [-0.2, -0.15) is 0 Å². The lowest BCUT2D eigenvalue weighted by molar-refractivity contribution is -0.146. The van der Waals surface area contributed by atoms with Crippen LogP contribution in [0.15, 0.2) is 24.3 Å². The van der Waals surface area contributed by atoms with E-state index in [2.05, 4.69) is 6.92 Å². The quantitative estimate of drug-likeness (QED) is 0.559. The van der Waals surface area contributed by atoms with E-state index in [-0.39, 0.29) is 18.2 Å². The average molecular weight is 349 g/mol. The third-order valence-corrected chi connectivity index (χ3v) is 4.38. The molecule has 1 saturated heterocycles. The van der Waals surface area contributed by atoms with Crippen molar-refractivity contribution in [2.24, 2.45) is 0 Å². The van der Waals surface area contributed by atoms with E-state index in [0.29, 0.717) is 25.4 Å². The number of likely N-dealkylation sites (tertiary alicyclic amines) is 1. The number of rotatable bonds is 7. The van der Waals surface area contributed by atoms with Crippen LogP contribution in [0.2, 0.25) is 0 Å². The van der Waals surface area contributed by atoms with E-state index in [0.717, 1.165) is 18.4 Å². The molecule has 2 rings (SSSR count). The van der Waals surface area contributed by atoms with Crippen molar-refractivity contribution in [3.05, 3.63) is 29.8 Å². The van der Waals surface area contributed by atoms with Gasteiger partial charge in [-0.25, -0.2) is 4.79 Å². The Balaban J connectivity index is 1.88. The van der Waals surface area contributed by atoms with Gasteiger partial charge in [-0.3, -0.25) is 4.79 Å². The number of hydrogen-bond donors (Lipinski definition) is 0. The molecule has 1 amide bonds. The number of benzene rings is 1. The number of methoxy groups -OCH3 is 1. The smallest absolute Gasteiger partial charge is 0.410 e. The van der Waals surface area contributed by atoms with Crippen LogP contribution in [-0.4, -0.2) is 49.9 Å². The van der Waals surface area contributed by atoms with Crippen molar-refractivity contribution in [3.63, 3.8) is 0 Å². The summed E-state index contributed by atoms with van der Waals surface area (Å²) in [4.78, 5) is 25.4. The molecule has 0 aliphatic carbocycles. The Kier molecular flexibility index (Phi) is 6.28. The number of amides is 1. The van der Waals surface area contributed by atoms with Gasteiger partial charge >= 0.3 is 12.1 Å². The van der Waals surface area contributed by atoms with Crippen molar-refractivity contribution in [3.8, 4) is 5.75 Å². The number of ether oxygens (including phenoxy) is 3. The van der Waals surface area contributed by atoms with Gasteiger partial charge in [-0.05, 0) is 38.0 Å². The van der Waals surface area contributed by atoms with Gasteiger partial charge in [0.25, 0.3) is 0 Å². The highest BCUT2D eigenvalue weighted by molar-refractivity contribution is 5.82. The largest absolute Gasteiger partial charge is 0.487 e. The predicted molar refractivity (Wildman–Crippen MR) is 93.7 cm³/mol. The van der Waals surface area contributed by atoms with Crippen LogP contribution in [0, 0.1) is 0 Å². The Morgan fingerprint density at radius 2 is 2.00 bits per heavy atom. The molecular weight excluding hydrogens is 322 g/mol. The van der Waals surface area contributed by atoms with Crippen LogP contribution in [0.1, 0.15) is 39.2 Å². The Morgan fingerprint density at radius 3 is 2.64 bits per heavy atom. The van der Waals surface area contributed by atoms with E-state index >= 15 is 0 Å². The molecule has 25 heavy (non-hydrogen) atoms. The lowest BCUT2D eigenvalue weighted by Crippen LogP contribution is -2.56. The number of nitrogens with zero attached hydrogens (tertiary/aromatic N) is 1. The minimum absolute atomic E-state index is 0.0600. The summed E-state index contributed by atoms with van der Waals surface area (Å²) in [6, 6.07) is 7.42. The van der Waals surface area contributed by atoms with Crippen LogP contribution >= 0.6 is 0 Å². The predicted octanol–water partition coefficient (Wildman–Crippen LogP) is 3.14. The molecule has 1 aromatic rings. The van der Waals surface area contributed by atoms with Crippen molar-refractivity contribution in [2.45, 2.75) is 45.1 Å². The standard InChI is InChI=1S/C19H27NO5/c1-5-6-10-24-18(22)20-12-16(13-20)25-15-9-7-8-14(11-15)19(2,3)17(21)23-4/h7-9,11,16H,5-6,10,12-13H2,1-4H3. The van der Waals surface area contributed by atoms with E-state index in [1.807, 2.05) is 38.1 Å². The van der Waals surface area contributed by atoms with Gasteiger partial charge in [0, 0.05) is 0 Å². The van der Waals surface area contributed by atoms with Gasteiger partial charge in [0.15, 0.2) is 0 Å². The van der Waals surface area contributed by atoms with Gasteiger partial charge in [0.2, 0.25) is 0 Å². The van der Waals surface area contributed by atoms with Crippen LogP contribution in [0.3, 0.4) is 0 Å². The van der Waals surface area contributed by atoms with Gasteiger partial charge < -0.3 is 19.1 Å². The molecule has 1 aromatic carbocycles. The molecule has 0 N–H and O–H groups in total. The van der Waals surface area contributed by atoms with E-state index in [9.17, 15) is 9.59 Å². The van der Waals surface area contributed by atoms with E-state index in [1.165, 1.54) is 7.11 Å². The highest BCUT2D eigenvalue weighted by Gasteiger charge is 2.34. The molecule has 0 aromatic heterocycles. The highest BCUT2D eigenvalue weighted by Crippen LogP contribution is 2.28. The fourth-order valence-corrected chi connectivity index (χ4v) is 2.58. The van der Waals surface area contributed by atoms with Gasteiger partial charge in [0.1, 0.15) is 11.9 Å². The number of unbranched alkanes of at least 4 members (excludes halogenated alkanes) is 1. The third-order valence-electron chi connectivity index (χ3n) is 4.38.